The van der Waals surface area contributed by atoms with Crippen molar-refractivity contribution in [3.05, 3.63) is 78.0 Å². The summed E-state index contributed by atoms with van der Waals surface area (Å²) < 4.78 is 26.6. The molecule has 0 radical (unpaired) electrons. The second-order valence-electron chi connectivity index (χ2n) is 7.20. The third kappa shape index (κ3) is 4.85. The molecule has 0 aliphatic carbocycles. The summed E-state index contributed by atoms with van der Waals surface area (Å²) in [6.45, 7) is 4.74. The minimum atomic E-state index is -0.420. The molecule has 0 aliphatic rings. The van der Waals surface area contributed by atoms with E-state index in [-0.39, 0.29) is 5.75 Å². The minimum Gasteiger partial charge on any atom is -0.497 e. The Morgan fingerprint density at radius 2 is 1.91 bits per heavy atom. The van der Waals surface area contributed by atoms with E-state index in [4.69, 9.17) is 9.47 Å². The molecule has 2 aromatic carbocycles. The molecular weight excluding hydrogens is 409 g/mol. The van der Waals surface area contributed by atoms with Gasteiger partial charge in [-0.25, -0.2) is 14.4 Å². The van der Waals surface area contributed by atoms with Gasteiger partial charge in [0.05, 0.1) is 37.8 Å². The average molecular weight is 433 g/mol. The van der Waals surface area contributed by atoms with Crippen LogP contribution in [0.5, 0.6) is 11.5 Å². The van der Waals surface area contributed by atoms with E-state index in [1.54, 1.807) is 31.6 Å². The molecule has 0 unspecified atom stereocenters. The van der Waals surface area contributed by atoms with E-state index in [9.17, 15) is 4.39 Å². The van der Waals surface area contributed by atoms with E-state index in [1.165, 1.54) is 6.07 Å². The third-order valence-electron chi connectivity index (χ3n) is 4.87. The predicted octanol–water partition coefficient (Wildman–Crippen LogP) is 4.99. The SMILES string of the molecule is CCOc1ccc(-c2nc(Nc3cnn(Cc4ccc(OC)cc4)c3)ncc2C)cc1F. The van der Waals surface area contributed by atoms with E-state index in [2.05, 4.69) is 20.4 Å². The van der Waals surface area contributed by atoms with Crippen LogP contribution >= 0.6 is 0 Å². The third-order valence-corrected chi connectivity index (χ3v) is 4.87. The van der Waals surface area contributed by atoms with Crippen molar-refractivity contribution >= 4 is 11.6 Å². The van der Waals surface area contributed by atoms with Crippen LogP contribution in [-0.4, -0.2) is 33.5 Å². The zero-order chi connectivity index (χ0) is 22.5. The lowest BCUT2D eigenvalue weighted by atomic mass is 10.1. The summed E-state index contributed by atoms with van der Waals surface area (Å²) in [6, 6.07) is 12.7. The zero-order valence-corrected chi connectivity index (χ0v) is 18.2. The van der Waals surface area contributed by atoms with Gasteiger partial charge in [0.15, 0.2) is 11.6 Å². The van der Waals surface area contributed by atoms with Crippen LogP contribution < -0.4 is 14.8 Å². The van der Waals surface area contributed by atoms with Crippen molar-refractivity contribution < 1.29 is 13.9 Å². The number of hydrogen-bond donors (Lipinski definition) is 1. The summed E-state index contributed by atoms with van der Waals surface area (Å²) in [6.07, 6.45) is 5.30. The van der Waals surface area contributed by atoms with Crippen LogP contribution in [0.2, 0.25) is 0 Å². The quantitative estimate of drug-likeness (QED) is 0.422. The summed E-state index contributed by atoms with van der Waals surface area (Å²) >= 11 is 0. The van der Waals surface area contributed by atoms with Gasteiger partial charge in [0.25, 0.3) is 0 Å². The molecule has 4 aromatic rings. The van der Waals surface area contributed by atoms with Crippen molar-refractivity contribution in [2.75, 3.05) is 19.0 Å². The number of aromatic nitrogens is 4. The standard InChI is InChI=1S/C24H24FN5O2/c1-4-32-22-10-7-18(11-21(22)25)23-16(2)12-26-24(29-23)28-19-13-27-30(15-19)14-17-5-8-20(31-3)9-6-17/h5-13,15H,4,14H2,1-3H3,(H,26,28,29). The van der Waals surface area contributed by atoms with Gasteiger partial charge >= 0.3 is 0 Å². The van der Waals surface area contributed by atoms with Gasteiger partial charge in [-0.1, -0.05) is 12.1 Å². The number of aryl methyl sites for hydroxylation is 1. The molecule has 0 amide bonds. The highest BCUT2D eigenvalue weighted by atomic mass is 19.1. The normalized spacial score (nSPS) is 10.8. The molecule has 1 N–H and O–H groups in total. The number of rotatable bonds is 8. The Hall–Kier alpha value is -3.94. The first-order valence-corrected chi connectivity index (χ1v) is 10.2. The molecule has 2 aromatic heterocycles. The lowest BCUT2D eigenvalue weighted by Crippen LogP contribution is -2.01. The van der Waals surface area contributed by atoms with E-state index in [0.29, 0.717) is 30.4 Å². The van der Waals surface area contributed by atoms with Crippen molar-refractivity contribution in [2.45, 2.75) is 20.4 Å². The van der Waals surface area contributed by atoms with Crippen molar-refractivity contribution in [1.29, 1.82) is 0 Å². The summed E-state index contributed by atoms with van der Waals surface area (Å²) in [5.74, 6) is 1.03. The highest BCUT2D eigenvalue weighted by molar-refractivity contribution is 5.65. The second-order valence-corrected chi connectivity index (χ2v) is 7.20. The molecule has 0 atom stereocenters. The Labute approximate surface area is 185 Å². The smallest absolute Gasteiger partial charge is 0.227 e. The van der Waals surface area contributed by atoms with E-state index >= 15 is 0 Å². The Bertz CT molecular complexity index is 1210. The molecule has 0 saturated heterocycles. The van der Waals surface area contributed by atoms with Gasteiger partial charge in [0, 0.05) is 18.0 Å². The van der Waals surface area contributed by atoms with Crippen molar-refractivity contribution in [3.8, 4) is 22.8 Å². The fourth-order valence-corrected chi connectivity index (χ4v) is 3.28. The lowest BCUT2D eigenvalue weighted by Gasteiger charge is -2.10. The molecule has 32 heavy (non-hydrogen) atoms. The van der Waals surface area contributed by atoms with E-state index in [0.717, 1.165) is 22.6 Å². The van der Waals surface area contributed by atoms with Crippen molar-refractivity contribution in [3.63, 3.8) is 0 Å². The van der Waals surface area contributed by atoms with Crippen molar-refractivity contribution in [1.82, 2.24) is 19.7 Å². The number of halogens is 1. The fraction of sp³-hybridized carbons (Fsp3) is 0.208. The maximum absolute atomic E-state index is 14.3. The molecular formula is C24H24FN5O2. The molecule has 0 spiro atoms. The summed E-state index contributed by atoms with van der Waals surface area (Å²) in [5.41, 5.74) is 4.01. The van der Waals surface area contributed by atoms with Crippen LogP contribution in [-0.2, 0) is 6.54 Å². The van der Waals surface area contributed by atoms with Crippen molar-refractivity contribution in [2.24, 2.45) is 0 Å². The second kappa shape index (κ2) is 9.47. The van der Waals surface area contributed by atoms with Gasteiger partial charge < -0.3 is 14.8 Å². The van der Waals surface area contributed by atoms with Crippen LogP contribution in [0.1, 0.15) is 18.1 Å². The van der Waals surface area contributed by atoms with Crippen LogP contribution in [0.15, 0.2) is 61.1 Å². The maximum Gasteiger partial charge on any atom is 0.227 e. The molecule has 2 heterocycles. The minimum absolute atomic E-state index is 0.227. The van der Waals surface area contributed by atoms with Crippen LogP contribution in [0.4, 0.5) is 16.0 Å². The molecule has 7 nitrogen and oxygen atoms in total. The van der Waals surface area contributed by atoms with Gasteiger partial charge in [0.1, 0.15) is 5.75 Å². The number of anilines is 2. The first-order chi connectivity index (χ1) is 15.6. The number of methoxy groups -OCH3 is 1. The molecule has 0 saturated carbocycles. The zero-order valence-electron chi connectivity index (χ0n) is 18.2. The predicted molar refractivity (Wildman–Crippen MR) is 121 cm³/mol. The lowest BCUT2D eigenvalue weighted by molar-refractivity contribution is 0.321. The Balaban J connectivity index is 1.50. The van der Waals surface area contributed by atoms with E-state index < -0.39 is 5.82 Å². The Kier molecular flexibility index (Phi) is 6.30. The number of hydrogen-bond acceptors (Lipinski definition) is 6. The van der Waals surface area contributed by atoms with E-state index in [1.807, 2.05) is 49.0 Å². The van der Waals surface area contributed by atoms with Gasteiger partial charge in [-0.05, 0) is 55.3 Å². The molecule has 8 heteroatoms. The van der Waals surface area contributed by atoms with Crippen LogP contribution in [0, 0.1) is 12.7 Å². The van der Waals surface area contributed by atoms with Gasteiger partial charge in [-0.3, -0.25) is 4.68 Å². The molecule has 0 bridgehead atoms. The monoisotopic (exact) mass is 433 g/mol. The maximum atomic E-state index is 14.3. The van der Waals surface area contributed by atoms with Gasteiger partial charge in [0.2, 0.25) is 5.95 Å². The summed E-state index contributed by atoms with van der Waals surface area (Å²) in [7, 11) is 1.64. The Morgan fingerprint density at radius 3 is 2.62 bits per heavy atom. The average Bonchev–Trinajstić information content (AvgIpc) is 3.24. The first kappa shape index (κ1) is 21.3. The number of nitrogens with zero attached hydrogens (tertiary/aromatic N) is 4. The number of ether oxygens (including phenoxy) is 2. The topological polar surface area (TPSA) is 74.1 Å². The first-order valence-electron chi connectivity index (χ1n) is 10.2. The Morgan fingerprint density at radius 1 is 1.09 bits per heavy atom. The highest BCUT2D eigenvalue weighted by Gasteiger charge is 2.11. The number of nitrogens with one attached hydrogen (secondary N) is 1. The summed E-state index contributed by atoms with van der Waals surface area (Å²) in [4.78, 5) is 8.94. The highest BCUT2D eigenvalue weighted by Crippen LogP contribution is 2.27. The van der Waals surface area contributed by atoms with Crippen LogP contribution in [0.3, 0.4) is 0 Å². The summed E-state index contributed by atoms with van der Waals surface area (Å²) in [5, 5.41) is 7.56. The van der Waals surface area contributed by atoms with Crippen LogP contribution in [0.25, 0.3) is 11.3 Å². The molecule has 0 fully saturated rings. The fourth-order valence-electron chi connectivity index (χ4n) is 3.28. The number of benzene rings is 2. The molecule has 0 aliphatic heterocycles. The molecule has 4 rings (SSSR count). The van der Waals surface area contributed by atoms with Gasteiger partial charge in [-0.2, -0.15) is 5.10 Å². The molecule has 164 valence electrons. The van der Waals surface area contributed by atoms with Gasteiger partial charge in [-0.15, -0.1) is 0 Å². The largest absolute Gasteiger partial charge is 0.497 e.